The van der Waals surface area contributed by atoms with E-state index in [0.29, 0.717) is 31.1 Å². The Kier molecular flexibility index (Phi) is 6.99. The number of hydrogen-bond donors (Lipinski definition) is 1. The Hall–Kier alpha value is -1.60. The molecule has 0 bridgehead atoms. The van der Waals surface area contributed by atoms with Crippen LogP contribution < -0.4 is 5.32 Å². The highest BCUT2D eigenvalue weighted by molar-refractivity contribution is 7.89. The molecule has 2 aromatic rings. The molecule has 1 N–H and O–H groups in total. The van der Waals surface area contributed by atoms with Crippen molar-refractivity contribution in [3.63, 3.8) is 0 Å². The van der Waals surface area contributed by atoms with Gasteiger partial charge in [0.1, 0.15) is 0 Å². The Labute approximate surface area is 175 Å². The van der Waals surface area contributed by atoms with E-state index >= 15 is 0 Å². The summed E-state index contributed by atoms with van der Waals surface area (Å²) >= 11 is 12.3. The van der Waals surface area contributed by atoms with Crippen LogP contribution in [0.2, 0.25) is 10.0 Å². The molecule has 5 nitrogen and oxygen atoms in total. The fourth-order valence-corrected chi connectivity index (χ4v) is 5.17. The topological polar surface area (TPSA) is 66.5 Å². The van der Waals surface area contributed by atoms with Crippen molar-refractivity contribution in [2.75, 3.05) is 19.6 Å². The van der Waals surface area contributed by atoms with Gasteiger partial charge >= 0.3 is 0 Å². The molecule has 0 aliphatic carbocycles. The van der Waals surface area contributed by atoms with E-state index in [0.717, 1.165) is 24.8 Å². The van der Waals surface area contributed by atoms with Crippen molar-refractivity contribution >= 4 is 39.1 Å². The number of carbonyl (C=O) groups excluding carboxylic acids is 1. The molecule has 1 fully saturated rings. The van der Waals surface area contributed by atoms with Crippen LogP contribution in [0.1, 0.15) is 35.2 Å². The van der Waals surface area contributed by atoms with Gasteiger partial charge in [0.25, 0.3) is 5.91 Å². The van der Waals surface area contributed by atoms with E-state index in [1.54, 1.807) is 0 Å². The number of nitrogens with one attached hydrogen (secondary N) is 1. The zero-order chi connectivity index (χ0) is 20.1. The highest BCUT2D eigenvalue weighted by atomic mass is 35.5. The van der Waals surface area contributed by atoms with E-state index in [2.05, 4.69) is 5.32 Å². The predicted octanol–water partition coefficient (Wildman–Crippen LogP) is 4.14. The summed E-state index contributed by atoms with van der Waals surface area (Å²) in [7, 11) is -3.60. The molecule has 1 heterocycles. The first-order chi connectivity index (χ1) is 13.4. The highest BCUT2D eigenvalue weighted by Gasteiger charge is 2.28. The number of sulfonamides is 1. The minimum Gasteiger partial charge on any atom is -0.352 e. The number of aryl methyl sites for hydroxylation is 1. The molecular formula is C20H22Cl2N2O3S. The summed E-state index contributed by atoms with van der Waals surface area (Å²) in [5.41, 5.74) is 1.19. The van der Waals surface area contributed by atoms with E-state index in [9.17, 15) is 13.2 Å². The lowest BCUT2D eigenvalue weighted by atomic mass is 10.1. The number of benzene rings is 2. The summed E-state index contributed by atoms with van der Waals surface area (Å²) in [6.07, 6.45) is 3.15. The van der Waals surface area contributed by atoms with Crippen LogP contribution in [-0.4, -0.2) is 38.3 Å². The maximum absolute atomic E-state index is 12.7. The number of halogens is 2. The number of carbonyl (C=O) groups is 1. The van der Waals surface area contributed by atoms with Crippen molar-refractivity contribution in [3.05, 3.63) is 63.6 Å². The van der Waals surface area contributed by atoms with Gasteiger partial charge in [0.2, 0.25) is 10.0 Å². The Morgan fingerprint density at radius 3 is 2.46 bits per heavy atom. The Morgan fingerprint density at radius 2 is 1.75 bits per heavy atom. The van der Waals surface area contributed by atoms with Crippen molar-refractivity contribution in [1.29, 1.82) is 0 Å². The fourth-order valence-electron chi connectivity index (χ4n) is 3.19. The lowest BCUT2D eigenvalue weighted by Gasteiger charge is -2.16. The molecule has 3 rings (SSSR count). The van der Waals surface area contributed by atoms with Crippen molar-refractivity contribution in [2.24, 2.45) is 0 Å². The predicted molar refractivity (Wildman–Crippen MR) is 112 cm³/mol. The first kappa shape index (κ1) is 21.1. The van der Waals surface area contributed by atoms with E-state index < -0.39 is 10.0 Å². The Morgan fingerprint density at radius 1 is 1.04 bits per heavy atom. The first-order valence-corrected chi connectivity index (χ1v) is 11.4. The maximum atomic E-state index is 12.7. The second kappa shape index (κ2) is 9.27. The van der Waals surface area contributed by atoms with Crippen LogP contribution in [0.15, 0.2) is 47.4 Å². The van der Waals surface area contributed by atoms with Crippen LogP contribution in [0.25, 0.3) is 0 Å². The van der Waals surface area contributed by atoms with Gasteiger partial charge in [-0.15, -0.1) is 0 Å². The van der Waals surface area contributed by atoms with E-state index in [4.69, 9.17) is 23.2 Å². The molecule has 1 saturated heterocycles. The van der Waals surface area contributed by atoms with Crippen molar-refractivity contribution < 1.29 is 13.2 Å². The fraction of sp³-hybridized carbons (Fsp3) is 0.350. The van der Waals surface area contributed by atoms with Gasteiger partial charge in [-0.1, -0.05) is 41.4 Å². The van der Waals surface area contributed by atoms with E-state index in [1.807, 2.05) is 24.3 Å². The summed E-state index contributed by atoms with van der Waals surface area (Å²) in [4.78, 5) is 12.6. The monoisotopic (exact) mass is 440 g/mol. The van der Waals surface area contributed by atoms with Gasteiger partial charge in [-0.05, 0) is 55.5 Å². The molecule has 0 atom stereocenters. The highest BCUT2D eigenvalue weighted by Crippen LogP contribution is 2.25. The summed E-state index contributed by atoms with van der Waals surface area (Å²) in [6, 6.07) is 11.9. The molecule has 1 amide bonds. The van der Waals surface area contributed by atoms with Crippen LogP contribution in [0.4, 0.5) is 0 Å². The standard InChI is InChI=1S/C20H22Cl2N2O3S/c21-18-8-2-1-6-15(18)7-5-11-23-20(25)17-14-16(9-10-19(17)22)28(26,27)24-12-3-4-13-24/h1-2,6,8-10,14H,3-5,7,11-13H2,(H,23,25). The van der Waals surface area contributed by atoms with E-state index in [-0.39, 0.29) is 21.4 Å². The van der Waals surface area contributed by atoms with Crippen molar-refractivity contribution in [3.8, 4) is 0 Å². The van der Waals surface area contributed by atoms with Crippen LogP contribution in [0.3, 0.4) is 0 Å². The third-order valence-corrected chi connectivity index (χ3v) is 7.34. The molecule has 2 aromatic carbocycles. The molecule has 150 valence electrons. The molecule has 0 unspecified atom stereocenters. The zero-order valence-electron chi connectivity index (χ0n) is 15.3. The number of amides is 1. The van der Waals surface area contributed by atoms with Crippen LogP contribution in [-0.2, 0) is 16.4 Å². The van der Waals surface area contributed by atoms with Crippen LogP contribution in [0.5, 0.6) is 0 Å². The summed E-state index contributed by atoms with van der Waals surface area (Å²) in [5.74, 6) is -0.386. The average molecular weight is 441 g/mol. The number of rotatable bonds is 7. The lowest BCUT2D eigenvalue weighted by Crippen LogP contribution is -2.29. The molecule has 0 aromatic heterocycles. The molecule has 28 heavy (non-hydrogen) atoms. The first-order valence-electron chi connectivity index (χ1n) is 9.21. The maximum Gasteiger partial charge on any atom is 0.252 e. The van der Waals surface area contributed by atoms with Gasteiger partial charge in [0, 0.05) is 24.7 Å². The molecule has 0 radical (unpaired) electrons. The van der Waals surface area contributed by atoms with Gasteiger partial charge in [0.05, 0.1) is 15.5 Å². The average Bonchev–Trinajstić information content (AvgIpc) is 3.22. The van der Waals surface area contributed by atoms with Gasteiger partial charge in [-0.3, -0.25) is 4.79 Å². The zero-order valence-corrected chi connectivity index (χ0v) is 17.7. The quantitative estimate of drug-likeness (QED) is 0.657. The SMILES string of the molecule is O=C(NCCCc1ccccc1Cl)c1cc(S(=O)(=O)N2CCCC2)ccc1Cl. The van der Waals surface area contributed by atoms with Gasteiger partial charge in [-0.25, -0.2) is 8.42 Å². The van der Waals surface area contributed by atoms with E-state index in [1.165, 1.54) is 22.5 Å². The van der Waals surface area contributed by atoms with Gasteiger partial charge < -0.3 is 5.32 Å². The van der Waals surface area contributed by atoms with Crippen LogP contribution >= 0.6 is 23.2 Å². The number of nitrogens with zero attached hydrogens (tertiary/aromatic N) is 1. The second-order valence-electron chi connectivity index (χ2n) is 6.70. The smallest absolute Gasteiger partial charge is 0.252 e. The van der Waals surface area contributed by atoms with Crippen LogP contribution in [0, 0.1) is 0 Å². The molecule has 0 spiro atoms. The summed E-state index contributed by atoms with van der Waals surface area (Å²) < 4.78 is 26.9. The molecule has 1 aliphatic heterocycles. The summed E-state index contributed by atoms with van der Waals surface area (Å²) in [6.45, 7) is 1.45. The Balaban J connectivity index is 1.64. The third kappa shape index (κ3) is 4.87. The lowest BCUT2D eigenvalue weighted by molar-refractivity contribution is 0.0953. The normalized spacial score (nSPS) is 14.9. The molecule has 1 aliphatic rings. The molecule has 8 heteroatoms. The van der Waals surface area contributed by atoms with Gasteiger partial charge in [-0.2, -0.15) is 4.31 Å². The van der Waals surface area contributed by atoms with Crippen molar-refractivity contribution in [1.82, 2.24) is 9.62 Å². The largest absolute Gasteiger partial charge is 0.352 e. The van der Waals surface area contributed by atoms with Gasteiger partial charge in [0.15, 0.2) is 0 Å². The third-order valence-electron chi connectivity index (χ3n) is 4.75. The minimum absolute atomic E-state index is 0.0972. The number of hydrogen-bond acceptors (Lipinski definition) is 3. The van der Waals surface area contributed by atoms with Crippen molar-refractivity contribution in [2.45, 2.75) is 30.6 Å². The molecule has 0 saturated carbocycles. The molecular weight excluding hydrogens is 419 g/mol. The Bertz CT molecular complexity index is 958. The second-order valence-corrected chi connectivity index (χ2v) is 9.46. The minimum atomic E-state index is -3.60. The summed E-state index contributed by atoms with van der Waals surface area (Å²) in [5, 5.41) is 3.73.